The molecule has 1 aromatic carbocycles. The van der Waals surface area contributed by atoms with Crippen molar-refractivity contribution >= 4 is 0 Å². The first-order chi connectivity index (χ1) is 10.2. The van der Waals surface area contributed by atoms with E-state index in [0.717, 1.165) is 0 Å². The molecule has 1 atom stereocenters. The molecule has 2 N–H and O–H groups in total. The number of hydrogen-bond acceptors (Lipinski definition) is 7. The molecule has 0 amide bonds. The Labute approximate surface area is 128 Å². The largest absolute Gasteiger partial charge is 0.448 e. The molecular formula is C15H18N2O5. The van der Waals surface area contributed by atoms with E-state index in [1.54, 1.807) is 34.0 Å². The molecule has 0 radical (unpaired) electrons. The first kappa shape index (κ1) is 14.6. The van der Waals surface area contributed by atoms with Gasteiger partial charge in [0.15, 0.2) is 11.5 Å². The van der Waals surface area contributed by atoms with Crippen molar-refractivity contribution in [2.45, 2.75) is 52.2 Å². The van der Waals surface area contributed by atoms with Crippen molar-refractivity contribution in [1.29, 1.82) is 5.26 Å². The molecule has 22 heavy (non-hydrogen) atoms. The smallest absolute Gasteiger partial charge is 0.292 e. The zero-order valence-corrected chi connectivity index (χ0v) is 13.1. The molecule has 7 heteroatoms. The average Bonchev–Trinajstić information content (AvgIpc) is 2.83. The van der Waals surface area contributed by atoms with Gasteiger partial charge in [0.25, 0.3) is 6.26 Å². The molecular weight excluding hydrogens is 288 g/mol. The average molecular weight is 306 g/mol. The molecule has 2 aliphatic rings. The summed E-state index contributed by atoms with van der Waals surface area (Å²) in [4.78, 5) is 0. The van der Waals surface area contributed by atoms with Gasteiger partial charge in [0.1, 0.15) is 0 Å². The van der Waals surface area contributed by atoms with E-state index >= 15 is 0 Å². The van der Waals surface area contributed by atoms with E-state index in [9.17, 15) is 0 Å². The van der Waals surface area contributed by atoms with Gasteiger partial charge < -0.3 is 29.4 Å². The van der Waals surface area contributed by atoms with Gasteiger partial charge in [-0.3, -0.25) is 0 Å². The Bertz CT molecular complexity index is 643. The van der Waals surface area contributed by atoms with Crippen LogP contribution in [0.3, 0.4) is 0 Å². The Hall–Kier alpha value is -2.33. The monoisotopic (exact) mass is 306 g/mol. The lowest BCUT2D eigenvalue weighted by molar-refractivity contribution is -0.0501. The molecule has 0 saturated heterocycles. The summed E-state index contributed by atoms with van der Waals surface area (Å²) in [6.07, 6.45) is 1.64. The summed E-state index contributed by atoms with van der Waals surface area (Å²) in [6.45, 7) is 8.83. The van der Waals surface area contributed by atoms with Crippen LogP contribution in [-0.2, 0) is 0 Å². The summed E-state index contributed by atoms with van der Waals surface area (Å²) in [5, 5.41) is 8.93. The highest BCUT2D eigenvalue weighted by Crippen LogP contribution is 2.61. The Morgan fingerprint density at radius 3 is 1.73 bits per heavy atom. The quantitative estimate of drug-likeness (QED) is 0.839. The second kappa shape index (κ2) is 4.34. The zero-order valence-electron chi connectivity index (χ0n) is 13.1. The van der Waals surface area contributed by atoms with Gasteiger partial charge in [0, 0.05) is 33.7 Å². The van der Waals surface area contributed by atoms with Crippen LogP contribution < -0.4 is 29.4 Å². The van der Waals surface area contributed by atoms with Crippen molar-refractivity contribution in [1.82, 2.24) is 0 Å². The summed E-state index contributed by atoms with van der Waals surface area (Å²) in [7, 11) is 0. The normalized spacial score (nSPS) is 20.4. The summed E-state index contributed by atoms with van der Waals surface area (Å²) in [5.41, 5.74) is 6.72. The maximum atomic E-state index is 8.93. The van der Waals surface area contributed by atoms with Crippen molar-refractivity contribution in [3.8, 4) is 35.0 Å². The van der Waals surface area contributed by atoms with E-state index in [2.05, 4.69) is 0 Å². The van der Waals surface area contributed by atoms with Gasteiger partial charge in [-0.1, -0.05) is 0 Å². The van der Waals surface area contributed by atoms with Gasteiger partial charge in [-0.2, -0.15) is 0 Å². The van der Waals surface area contributed by atoms with Gasteiger partial charge in [-0.15, -0.1) is 5.26 Å². The molecule has 118 valence electrons. The van der Waals surface area contributed by atoms with Gasteiger partial charge in [-0.25, -0.2) is 0 Å². The fourth-order valence-corrected chi connectivity index (χ4v) is 2.62. The first-order valence-electron chi connectivity index (χ1n) is 6.96. The maximum Gasteiger partial charge on any atom is 0.292 e. The van der Waals surface area contributed by atoms with Crippen molar-refractivity contribution in [3.05, 3.63) is 5.56 Å². The second-order valence-corrected chi connectivity index (χ2v) is 6.25. The molecule has 2 aliphatic heterocycles. The number of fused-ring (bicyclic) bond motifs is 2. The molecule has 0 aliphatic carbocycles. The molecule has 0 fully saturated rings. The topological polar surface area (TPSA) is 96.0 Å². The minimum Gasteiger partial charge on any atom is -0.448 e. The molecule has 3 rings (SSSR count). The highest BCUT2D eigenvalue weighted by molar-refractivity contribution is 5.73. The number of benzene rings is 1. The highest BCUT2D eigenvalue weighted by atomic mass is 16.8. The Kier molecular flexibility index (Phi) is 2.88. The lowest BCUT2D eigenvalue weighted by atomic mass is 10.0. The zero-order chi connectivity index (χ0) is 16.3. The first-order valence-corrected chi connectivity index (χ1v) is 6.96. The van der Waals surface area contributed by atoms with Crippen LogP contribution in [0.25, 0.3) is 0 Å². The third-order valence-electron chi connectivity index (χ3n) is 3.31. The van der Waals surface area contributed by atoms with Gasteiger partial charge in [0.2, 0.25) is 28.8 Å². The van der Waals surface area contributed by atoms with Crippen LogP contribution in [0, 0.1) is 11.5 Å². The molecule has 2 heterocycles. The van der Waals surface area contributed by atoms with E-state index in [-0.39, 0.29) is 11.8 Å². The van der Waals surface area contributed by atoms with Crippen LogP contribution in [0.4, 0.5) is 0 Å². The Balaban J connectivity index is 2.30. The highest BCUT2D eigenvalue weighted by Gasteiger charge is 2.46. The Morgan fingerprint density at radius 1 is 0.955 bits per heavy atom. The SMILES string of the molecule is CC(N)c1c2c(c(OC#N)c3c1OC(C)(C)O3)OC(C)(C)O2. The molecule has 0 saturated carbocycles. The molecule has 0 bridgehead atoms. The number of nitriles is 1. The van der Waals surface area contributed by atoms with E-state index in [1.165, 1.54) is 0 Å². The van der Waals surface area contributed by atoms with E-state index < -0.39 is 11.6 Å². The Morgan fingerprint density at radius 2 is 1.36 bits per heavy atom. The number of nitrogens with zero attached hydrogens (tertiary/aromatic N) is 1. The van der Waals surface area contributed by atoms with Crippen LogP contribution in [0.2, 0.25) is 0 Å². The number of ether oxygens (including phenoxy) is 5. The minimum atomic E-state index is -0.899. The molecule has 1 unspecified atom stereocenters. The van der Waals surface area contributed by atoms with Crippen LogP contribution in [0.5, 0.6) is 28.7 Å². The summed E-state index contributed by atoms with van der Waals surface area (Å²) < 4.78 is 28.3. The fourth-order valence-electron chi connectivity index (χ4n) is 2.62. The predicted molar refractivity (Wildman–Crippen MR) is 76.0 cm³/mol. The van der Waals surface area contributed by atoms with Gasteiger partial charge in [-0.05, 0) is 6.92 Å². The molecule has 1 aromatic rings. The van der Waals surface area contributed by atoms with Crippen molar-refractivity contribution < 1.29 is 23.7 Å². The number of hydrogen-bond donors (Lipinski definition) is 1. The van der Waals surface area contributed by atoms with Crippen LogP contribution in [-0.4, -0.2) is 11.6 Å². The van der Waals surface area contributed by atoms with Crippen LogP contribution in [0.15, 0.2) is 0 Å². The number of rotatable bonds is 2. The van der Waals surface area contributed by atoms with E-state index in [1.807, 2.05) is 6.92 Å². The summed E-state index contributed by atoms with van der Waals surface area (Å²) >= 11 is 0. The fraction of sp³-hybridized carbons (Fsp3) is 0.533. The third-order valence-corrected chi connectivity index (χ3v) is 3.31. The van der Waals surface area contributed by atoms with Crippen molar-refractivity contribution in [3.63, 3.8) is 0 Å². The molecule has 7 nitrogen and oxygen atoms in total. The van der Waals surface area contributed by atoms with Gasteiger partial charge in [0.05, 0.1) is 5.56 Å². The molecule has 0 aromatic heterocycles. The number of nitrogens with two attached hydrogens (primary N) is 1. The third kappa shape index (κ3) is 2.07. The summed E-state index contributed by atoms with van der Waals surface area (Å²) in [5.74, 6) is -0.199. The lowest BCUT2D eigenvalue weighted by Crippen LogP contribution is -2.31. The van der Waals surface area contributed by atoms with E-state index in [4.69, 9.17) is 34.7 Å². The predicted octanol–water partition coefficient (Wildman–Crippen LogP) is 2.58. The standard InChI is InChI=1S/C15H18N2O5/c1-7(17)8-9-12(21-14(2,3)19-9)11(18-6-16)13-10(8)20-15(4,5)22-13/h7H,17H2,1-5H3. The summed E-state index contributed by atoms with van der Waals surface area (Å²) in [6, 6.07) is -0.381. The minimum absolute atomic E-state index is 0.146. The lowest BCUT2D eigenvalue weighted by Gasteiger charge is -2.19. The second-order valence-electron chi connectivity index (χ2n) is 6.25. The van der Waals surface area contributed by atoms with E-state index in [0.29, 0.717) is 28.6 Å². The van der Waals surface area contributed by atoms with Crippen LogP contribution >= 0.6 is 0 Å². The van der Waals surface area contributed by atoms with Gasteiger partial charge >= 0.3 is 0 Å². The van der Waals surface area contributed by atoms with Crippen LogP contribution in [0.1, 0.15) is 46.2 Å². The van der Waals surface area contributed by atoms with Crippen molar-refractivity contribution in [2.24, 2.45) is 5.73 Å². The van der Waals surface area contributed by atoms with Crippen molar-refractivity contribution in [2.75, 3.05) is 0 Å². The molecule has 0 spiro atoms. The maximum absolute atomic E-state index is 8.93.